The van der Waals surface area contributed by atoms with Gasteiger partial charge in [-0.3, -0.25) is 4.90 Å². The monoisotopic (exact) mass is 143 g/mol. The van der Waals surface area contributed by atoms with Crippen LogP contribution in [0.1, 0.15) is 26.7 Å². The molecule has 0 radical (unpaired) electrons. The molecule has 0 atom stereocenters. The molecule has 0 aromatic heterocycles. The second-order valence-corrected chi connectivity index (χ2v) is 3.15. The summed E-state index contributed by atoms with van der Waals surface area (Å²) < 4.78 is 5.39. The molecule has 1 rings (SSSR count). The van der Waals surface area contributed by atoms with Gasteiger partial charge in [0, 0.05) is 19.2 Å². The van der Waals surface area contributed by atoms with Crippen LogP contribution in [-0.4, -0.2) is 30.8 Å². The number of nitrogens with zero attached hydrogens (tertiary/aromatic N) is 1. The highest BCUT2D eigenvalue weighted by Crippen LogP contribution is 2.05. The first-order valence-electron chi connectivity index (χ1n) is 4.12. The average molecular weight is 143 g/mol. The first-order valence-corrected chi connectivity index (χ1v) is 4.12. The first-order chi connectivity index (χ1) is 4.80. The fourth-order valence-electron chi connectivity index (χ4n) is 1.17. The second kappa shape index (κ2) is 3.94. The van der Waals surface area contributed by atoms with Crippen molar-refractivity contribution in [3.63, 3.8) is 0 Å². The molecule has 2 nitrogen and oxygen atoms in total. The minimum atomic E-state index is 0.637. The van der Waals surface area contributed by atoms with Gasteiger partial charge in [-0.1, -0.05) is 0 Å². The Bertz CT molecular complexity index is 85.3. The molecule has 0 aromatic carbocycles. The maximum absolute atomic E-state index is 5.39. The van der Waals surface area contributed by atoms with Crippen molar-refractivity contribution in [2.45, 2.75) is 32.7 Å². The Kier molecular flexibility index (Phi) is 3.16. The largest absolute Gasteiger partial charge is 0.366 e. The standard InChI is InChI=1S/C8H17NO/c1-8(2)9-5-3-4-6-10-7-9/h8H,3-7H2,1-2H3. The fraction of sp³-hybridized carbons (Fsp3) is 1.00. The van der Waals surface area contributed by atoms with Gasteiger partial charge in [0.05, 0.1) is 6.73 Å². The van der Waals surface area contributed by atoms with Crippen molar-refractivity contribution < 1.29 is 4.74 Å². The Morgan fingerprint density at radius 2 is 2.10 bits per heavy atom. The molecule has 1 heterocycles. The van der Waals surface area contributed by atoms with E-state index in [1.807, 2.05) is 0 Å². The molecule has 1 saturated heterocycles. The zero-order valence-electron chi connectivity index (χ0n) is 6.97. The van der Waals surface area contributed by atoms with Gasteiger partial charge in [-0.25, -0.2) is 0 Å². The Morgan fingerprint density at radius 1 is 1.30 bits per heavy atom. The van der Waals surface area contributed by atoms with E-state index in [0.717, 1.165) is 13.3 Å². The van der Waals surface area contributed by atoms with Gasteiger partial charge in [0.15, 0.2) is 0 Å². The average Bonchev–Trinajstić information content (AvgIpc) is 2.12. The van der Waals surface area contributed by atoms with Crippen LogP contribution >= 0.6 is 0 Å². The first kappa shape index (κ1) is 8.02. The third-order valence-electron chi connectivity index (χ3n) is 1.97. The number of rotatable bonds is 1. The minimum Gasteiger partial charge on any atom is -0.366 e. The van der Waals surface area contributed by atoms with Gasteiger partial charge in [-0.05, 0) is 26.7 Å². The van der Waals surface area contributed by atoms with E-state index in [1.54, 1.807) is 0 Å². The lowest BCUT2D eigenvalue weighted by molar-refractivity contribution is 0.0333. The fourth-order valence-corrected chi connectivity index (χ4v) is 1.17. The van der Waals surface area contributed by atoms with Gasteiger partial charge >= 0.3 is 0 Å². The second-order valence-electron chi connectivity index (χ2n) is 3.15. The van der Waals surface area contributed by atoms with Gasteiger partial charge in [0.1, 0.15) is 0 Å². The summed E-state index contributed by atoms with van der Waals surface area (Å²) in [6.07, 6.45) is 2.52. The van der Waals surface area contributed by atoms with Gasteiger partial charge in [0.25, 0.3) is 0 Å². The van der Waals surface area contributed by atoms with Crippen molar-refractivity contribution in [1.29, 1.82) is 0 Å². The van der Waals surface area contributed by atoms with Gasteiger partial charge in [-0.2, -0.15) is 0 Å². The van der Waals surface area contributed by atoms with Crippen molar-refractivity contribution >= 4 is 0 Å². The zero-order valence-corrected chi connectivity index (χ0v) is 6.97. The number of ether oxygens (including phenoxy) is 1. The topological polar surface area (TPSA) is 12.5 Å². The quantitative estimate of drug-likeness (QED) is 0.551. The predicted molar refractivity (Wildman–Crippen MR) is 41.9 cm³/mol. The van der Waals surface area contributed by atoms with Gasteiger partial charge < -0.3 is 4.74 Å². The van der Waals surface area contributed by atoms with Crippen LogP contribution in [0.15, 0.2) is 0 Å². The summed E-state index contributed by atoms with van der Waals surface area (Å²) in [5, 5.41) is 0. The van der Waals surface area contributed by atoms with Crippen LogP contribution in [0.5, 0.6) is 0 Å². The van der Waals surface area contributed by atoms with E-state index in [0.29, 0.717) is 6.04 Å². The van der Waals surface area contributed by atoms with E-state index >= 15 is 0 Å². The predicted octanol–water partition coefficient (Wildman–Crippen LogP) is 1.46. The Hall–Kier alpha value is -0.0800. The molecule has 0 aromatic rings. The maximum Gasteiger partial charge on any atom is 0.0992 e. The van der Waals surface area contributed by atoms with Crippen LogP contribution in [0.25, 0.3) is 0 Å². The molecule has 1 aliphatic heterocycles. The van der Waals surface area contributed by atoms with E-state index < -0.39 is 0 Å². The number of hydrogen-bond donors (Lipinski definition) is 0. The van der Waals surface area contributed by atoms with E-state index in [2.05, 4.69) is 18.7 Å². The molecular formula is C8H17NO. The normalized spacial score (nSPS) is 23.1. The summed E-state index contributed by atoms with van der Waals surface area (Å²) in [5.74, 6) is 0. The molecular weight excluding hydrogens is 126 g/mol. The minimum absolute atomic E-state index is 0.637. The molecule has 0 N–H and O–H groups in total. The van der Waals surface area contributed by atoms with Crippen LogP contribution in [0.4, 0.5) is 0 Å². The van der Waals surface area contributed by atoms with Crippen LogP contribution in [0.3, 0.4) is 0 Å². The molecule has 0 aliphatic carbocycles. The Labute approximate surface area is 63.2 Å². The molecule has 60 valence electrons. The summed E-state index contributed by atoms with van der Waals surface area (Å²) in [7, 11) is 0. The third-order valence-corrected chi connectivity index (χ3v) is 1.97. The van der Waals surface area contributed by atoms with Crippen LogP contribution in [-0.2, 0) is 4.74 Å². The van der Waals surface area contributed by atoms with Crippen molar-refractivity contribution in [3.05, 3.63) is 0 Å². The third kappa shape index (κ3) is 2.27. The summed E-state index contributed by atoms with van der Waals surface area (Å²) in [6.45, 7) is 7.42. The van der Waals surface area contributed by atoms with Gasteiger partial charge in [0.2, 0.25) is 0 Å². The van der Waals surface area contributed by atoms with Crippen LogP contribution in [0, 0.1) is 0 Å². The lowest BCUT2D eigenvalue weighted by Crippen LogP contribution is -2.32. The lowest BCUT2D eigenvalue weighted by Gasteiger charge is -2.23. The molecule has 1 aliphatic rings. The smallest absolute Gasteiger partial charge is 0.0992 e. The number of hydrogen-bond acceptors (Lipinski definition) is 2. The summed E-state index contributed by atoms with van der Waals surface area (Å²) >= 11 is 0. The molecule has 10 heavy (non-hydrogen) atoms. The summed E-state index contributed by atoms with van der Waals surface area (Å²) in [4.78, 5) is 2.37. The van der Waals surface area contributed by atoms with Crippen molar-refractivity contribution in [1.82, 2.24) is 4.90 Å². The highest BCUT2D eigenvalue weighted by atomic mass is 16.5. The maximum atomic E-state index is 5.39. The lowest BCUT2D eigenvalue weighted by atomic mass is 10.3. The molecule has 0 saturated carbocycles. The molecule has 0 bridgehead atoms. The molecule has 1 fully saturated rings. The molecule has 0 amide bonds. The van der Waals surface area contributed by atoms with E-state index in [1.165, 1.54) is 19.4 Å². The molecule has 0 spiro atoms. The van der Waals surface area contributed by atoms with Crippen LogP contribution in [0.2, 0.25) is 0 Å². The van der Waals surface area contributed by atoms with Crippen molar-refractivity contribution in [2.75, 3.05) is 19.9 Å². The van der Waals surface area contributed by atoms with Crippen LogP contribution < -0.4 is 0 Å². The van der Waals surface area contributed by atoms with Crippen molar-refractivity contribution in [3.8, 4) is 0 Å². The van der Waals surface area contributed by atoms with E-state index in [9.17, 15) is 0 Å². The molecule has 2 heteroatoms. The van der Waals surface area contributed by atoms with Crippen molar-refractivity contribution in [2.24, 2.45) is 0 Å². The highest BCUT2D eigenvalue weighted by molar-refractivity contribution is 4.61. The Balaban J connectivity index is 2.28. The van der Waals surface area contributed by atoms with E-state index in [-0.39, 0.29) is 0 Å². The summed E-state index contributed by atoms with van der Waals surface area (Å²) in [6, 6.07) is 0.637. The molecule has 0 unspecified atom stereocenters. The zero-order chi connectivity index (χ0) is 7.40. The van der Waals surface area contributed by atoms with Gasteiger partial charge in [-0.15, -0.1) is 0 Å². The SMILES string of the molecule is CC(C)N1CCCCOC1. The summed E-state index contributed by atoms with van der Waals surface area (Å²) in [5.41, 5.74) is 0. The Morgan fingerprint density at radius 3 is 2.80 bits per heavy atom. The highest BCUT2D eigenvalue weighted by Gasteiger charge is 2.10. The van der Waals surface area contributed by atoms with E-state index in [4.69, 9.17) is 4.74 Å².